The highest BCUT2D eigenvalue weighted by molar-refractivity contribution is 5.08. The van der Waals surface area contributed by atoms with Crippen molar-refractivity contribution in [2.75, 3.05) is 0 Å². The molecule has 4 bridgehead atoms. The first-order valence-electron chi connectivity index (χ1n) is 8.44. The van der Waals surface area contributed by atoms with Crippen LogP contribution in [0.15, 0.2) is 16.5 Å². The van der Waals surface area contributed by atoms with Crippen LogP contribution >= 0.6 is 0 Å². The van der Waals surface area contributed by atoms with Crippen molar-refractivity contribution in [1.82, 2.24) is 0 Å². The Balaban J connectivity index is 1.44. The van der Waals surface area contributed by atoms with E-state index in [1.165, 1.54) is 38.5 Å². The lowest BCUT2D eigenvalue weighted by Gasteiger charge is -2.59. The van der Waals surface area contributed by atoms with E-state index in [-0.39, 0.29) is 0 Å². The molecule has 5 rings (SSSR count). The maximum atomic E-state index is 6.69. The summed E-state index contributed by atoms with van der Waals surface area (Å²) < 4.78 is 5.70. The maximum Gasteiger partial charge on any atom is 0.104 e. The van der Waals surface area contributed by atoms with Gasteiger partial charge in [0.05, 0.1) is 0 Å². The zero-order chi connectivity index (χ0) is 13.7. The lowest BCUT2D eigenvalue weighted by molar-refractivity contribution is -0.0682. The van der Waals surface area contributed by atoms with Crippen molar-refractivity contribution in [2.24, 2.45) is 28.9 Å². The Kier molecular flexibility index (Phi) is 2.99. The minimum atomic E-state index is 0.376. The van der Waals surface area contributed by atoms with Crippen molar-refractivity contribution in [3.8, 4) is 0 Å². The largest absolute Gasteiger partial charge is 0.466 e. The number of furan rings is 1. The van der Waals surface area contributed by atoms with Gasteiger partial charge in [-0.3, -0.25) is 0 Å². The first kappa shape index (κ1) is 12.9. The van der Waals surface area contributed by atoms with Crippen LogP contribution in [0.1, 0.15) is 56.5 Å². The van der Waals surface area contributed by atoms with Crippen LogP contribution in [0.4, 0.5) is 0 Å². The molecule has 110 valence electrons. The number of rotatable bonds is 4. The van der Waals surface area contributed by atoms with Crippen molar-refractivity contribution in [2.45, 2.75) is 64.3 Å². The third-order valence-corrected chi connectivity index (χ3v) is 6.37. The Hall–Kier alpha value is -0.760. The molecule has 0 spiro atoms. The van der Waals surface area contributed by atoms with Gasteiger partial charge in [0.1, 0.15) is 11.5 Å². The van der Waals surface area contributed by atoms with Crippen LogP contribution in [0, 0.1) is 30.1 Å². The first-order valence-corrected chi connectivity index (χ1v) is 8.44. The highest BCUT2D eigenvalue weighted by atomic mass is 16.3. The molecule has 20 heavy (non-hydrogen) atoms. The van der Waals surface area contributed by atoms with Gasteiger partial charge in [0.25, 0.3) is 0 Å². The van der Waals surface area contributed by atoms with Crippen molar-refractivity contribution in [3.63, 3.8) is 0 Å². The maximum absolute atomic E-state index is 6.69. The summed E-state index contributed by atoms with van der Waals surface area (Å²) in [5.41, 5.74) is 7.17. The fourth-order valence-corrected chi connectivity index (χ4v) is 5.86. The molecule has 4 fully saturated rings. The van der Waals surface area contributed by atoms with E-state index < -0.39 is 0 Å². The third-order valence-electron chi connectivity index (χ3n) is 6.37. The number of hydrogen-bond donors (Lipinski definition) is 1. The highest BCUT2D eigenvalue weighted by Crippen LogP contribution is 2.61. The standard InChI is InChI=1S/C18H27NO/c1-12-2-3-16(20-12)4-5-17(19)18-9-13-6-14(10-18)8-15(7-13)11-18/h2-3,13-15,17H,4-11,19H2,1H3. The molecule has 1 atom stereocenters. The van der Waals surface area contributed by atoms with Crippen LogP contribution in [-0.2, 0) is 6.42 Å². The summed E-state index contributed by atoms with van der Waals surface area (Å²) in [6.07, 6.45) is 10.9. The van der Waals surface area contributed by atoms with Crippen LogP contribution < -0.4 is 5.73 Å². The Morgan fingerprint density at radius 3 is 2.25 bits per heavy atom. The Bertz CT molecular complexity index is 454. The van der Waals surface area contributed by atoms with Gasteiger partial charge in [-0.2, -0.15) is 0 Å². The van der Waals surface area contributed by atoms with E-state index in [9.17, 15) is 0 Å². The van der Waals surface area contributed by atoms with Gasteiger partial charge < -0.3 is 10.2 Å². The predicted molar refractivity (Wildman–Crippen MR) is 80.3 cm³/mol. The molecule has 1 heterocycles. The zero-order valence-electron chi connectivity index (χ0n) is 12.6. The molecule has 0 aromatic carbocycles. The Labute approximate surface area is 122 Å². The second-order valence-electron chi connectivity index (χ2n) is 7.94. The summed E-state index contributed by atoms with van der Waals surface area (Å²) in [7, 11) is 0. The normalized spacial score (nSPS) is 40.2. The summed E-state index contributed by atoms with van der Waals surface area (Å²) in [6, 6.07) is 4.55. The summed E-state index contributed by atoms with van der Waals surface area (Å²) in [5, 5.41) is 0. The van der Waals surface area contributed by atoms with Crippen molar-refractivity contribution in [3.05, 3.63) is 23.7 Å². The van der Waals surface area contributed by atoms with Gasteiger partial charge in [-0.1, -0.05) is 0 Å². The molecule has 2 heteroatoms. The van der Waals surface area contributed by atoms with Crippen LogP contribution in [-0.4, -0.2) is 6.04 Å². The van der Waals surface area contributed by atoms with Gasteiger partial charge >= 0.3 is 0 Å². The minimum absolute atomic E-state index is 0.376. The second kappa shape index (κ2) is 4.62. The first-order chi connectivity index (χ1) is 9.63. The molecule has 0 saturated heterocycles. The van der Waals surface area contributed by atoms with Crippen molar-refractivity contribution in [1.29, 1.82) is 0 Å². The monoisotopic (exact) mass is 273 g/mol. The summed E-state index contributed by atoms with van der Waals surface area (Å²) in [5.74, 6) is 5.13. The van der Waals surface area contributed by atoms with E-state index in [4.69, 9.17) is 10.2 Å². The molecule has 0 amide bonds. The van der Waals surface area contributed by atoms with E-state index in [0.29, 0.717) is 11.5 Å². The van der Waals surface area contributed by atoms with E-state index in [1.807, 2.05) is 6.92 Å². The van der Waals surface area contributed by atoms with E-state index in [2.05, 4.69) is 12.1 Å². The van der Waals surface area contributed by atoms with Crippen LogP contribution in [0.2, 0.25) is 0 Å². The fraction of sp³-hybridized carbons (Fsp3) is 0.778. The number of nitrogens with two attached hydrogens (primary N) is 1. The number of hydrogen-bond acceptors (Lipinski definition) is 2. The van der Waals surface area contributed by atoms with Crippen LogP contribution in [0.5, 0.6) is 0 Å². The molecule has 0 aliphatic heterocycles. The smallest absolute Gasteiger partial charge is 0.104 e. The molecule has 1 aromatic heterocycles. The topological polar surface area (TPSA) is 39.2 Å². The molecular formula is C18H27NO. The van der Waals surface area contributed by atoms with Gasteiger partial charge in [-0.05, 0) is 87.2 Å². The van der Waals surface area contributed by atoms with Crippen LogP contribution in [0.3, 0.4) is 0 Å². The van der Waals surface area contributed by atoms with E-state index in [1.54, 1.807) is 0 Å². The third kappa shape index (κ3) is 2.13. The molecule has 1 aromatic rings. The molecule has 4 saturated carbocycles. The minimum Gasteiger partial charge on any atom is -0.466 e. The predicted octanol–water partition coefficient (Wildman–Crippen LogP) is 4.06. The van der Waals surface area contributed by atoms with E-state index >= 15 is 0 Å². The lowest BCUT2D eigenvalue weighted by atomic mass is 9.47. The quantitative estimate of drug-likeness (QED) is 0.898. The second-order valence-corrected chi connectivity index (χ2v) is 7.94. The van der Waals surface area contributed by atoms with Crippen molar-refractivity contribution < 1.29 is 4.42 Å². The molecule has 4 aliphatic carbocycles. The van der Waals surface area contributed by atoms with Crippen LogP contribution in [0.25, 0.3) is 0 Å². The SMILES string of the molecule is Cc1ccc(CCC(N)C23CC4CC(CC(C4)C2)C3)o1. The molecule has 4 aliphatic rings. The number of aryl methyl sites for hydroxylation is 2. The lowest BCUT2D eigenvalue weighted by Crippen LogP contribution is -2.54. The van der Waals surface area contributed by atoms with Gasteiger partial charge in [-0.15, -0.1) is 0 Å². The molecule has 2 nitrogen and oxygen atoms in total. The molecule has 1 unspecified atom stereocenters. The molecular weight excluding hydrogens is 246 g/mol. The average Bonchev–Trinajstić information content (AvgIpc) is 2.80. The van der Waals surface area contributed by atoms with E-state index in [0.717, 1.165) is 42.1 Å². The average molecular weight is 273 g/mol. The highest BCUT2D eigenvalue weighted by Gasteiger charge is 2.53. The Morgan fingerprint density at radius 2 is 1.75 bits per heavy atom. The van der Waals surface area contributed by atoms with Gasteiger partial charge in [0, 0.05) is 12.5 Å². The summed E-state index contributed by atoms with van der Waals surface area (Å²) in [6.45, 7) is 2.02. The molecule has 0 radical (unpaired) electrons. The summed E-state index contributed by atoms with van der Waals surface area (Å²) in [4.78, 5) is 0. The Morgan fingerprint density at radius 1 is 1.15 bits per heavy atom. The molecule has 2 N–H and O–H groups in total. The van der Waals surface area contributed by atoms with Crippen molar-refractivity contribution >= 4 is 0 Å². The van der Waals surface area contributed by atoms with Gasteiger partial charge in [0.2, 0.25) is 0 Å². The van der Waals surface area contributed by atoms with Gasteiger partial charge in [-0.25, -0.2) is 0 Å². The van der Waals surface area contributed by atoms with Gasteiger partial charge in [0.15, 0.2) is 0 Å². The fourth-order valence-electron chi connectivity index (χ4n) is 5.86. The zero-order valence-corrected chi connectivity index (χ0v) is 12.6. The summed E-state index contributed by atoms with van der Waals surface area (Å²) >= 11 is 0.